The van der Waals surface area contributed by atoms with Gasteiger partial charge in [-0.3, -0.25) is 4.79 Å². The van der Waals surface area contributed by atoms with E-state index in [4.69, 9.17) is 5.11 Å². The molecule has 0 aliphatic heterocycles. The molecule has 0 amide bonds. The van der Waals surface area contributed by atoms with Crippen LogP contribution in [0.1, 0.15) is 37.0 Å². The summed E-state index contributed by atoms with van der Waals surface area (Å²) in [6, 6.07) is 4.82. The monoisotopic (exact) mass is 256 g/mol. The Balaban J connectivity index is 3.13. The summed E-state index contributed by atoms with van der Waals surface area (Å²) in [7, 11) is 0. The summed E-state index contributed by atoms with van der Waals surface area (Å²) < 4.78 is 28.4. The zero-order valence-corrected chi connectivity index (χ0v) is 11.1. The smallest absolute Gasteiger partial charge is 0.309 e. The van der Waals surface area contributed by atoms with Gasteiger partial charge in [0, 0.05) is 12.0 Å². The van der Waals surface area contributed by atoms with Crippen LogP contribution in [0, 0.1) is 19.3 Å². The highest BCUT2D eigenvalue weighted by Gasteiger charge is 2.43. The van der Waals surface area contributed by atoms with Gasteiger partial charge in [0.05, 0.1) is 5.41 Å². The predicted octanol–water partition coefficient (Wildman–Crippen LogP) is 3.90. The van der Waals surface area contributed by atoms with Crippen molar-refractivity contribution in [2.45, 2.75) is 40.0 Å². The second-order valence-electron chi connectivity index (χ2n) is 5.39. The Hall–Kier alpha value is -1.45. The first-order valence-corrected chi connectivity index (χ1v) is 5.75. The van der Waals surface area contributed by atoms with Gasteiger partial charge in [-0.15, -0.1) is 0 Å². The highest BCUT2D eigenvalue weighted by molar-refractivity contribution is 5.73. The van der Waals surface area contributed by atoms with Gasteiger partial charge in [-0.05, 0) is 39.3 Å². The van der Waals surface area contributed by atoms with E-state index in [0.29, 0.717) is 5.56 Å². The second-order valence-corrected chi connectivity index (χ2v) is 5.39. The third-order valence-corrected chi connectivity index (χ3v) is 3.03. The maximum atomic E-state index is 14.2. The molecule has 0 saturated heterocycles. The van der Waals surface area contributed by atoms with Crippen molar-refractivity contribution >= 4 is 5.97 Å². The molecular weight excluding hydrogens is 238 g/mol. The first-order chi connectivity index (χ1) is 8.06. The van der Waals surface area contributed by atoms with E-state index in [1.165, 1.54) is 19.9 Å². The van der Waals surface area contributed by atoms with Crippen molar-refractivity contribution in [1.29, 1.82) is 0 Å². The number of rotatable bonds is 4. The Labute approximate surface area is 106 Å². The normalized spacial score (nSPS) is 12.6. The summed E-state index contributed by atoms with van der Waals surface area (Å²) >= 11 is 0. The summed E-state index contributed by atoms with van der Waals surface area (Å²) in [5.41, 5.74) is -0.327. The van der Waals surface area contributed by atoms with Crippen LogP contribution in [0.4, 0.5) is 8.78 Å². The molecule has 4 heteroatoms. The highest BCUT2D eigenvalue weighted by atomic mass is 19.3. The topological polar surface area (TPSA) is 37.3 Å². The van der Waals surface area contributed by atoms with Crippen LogP contribution in [0.5, 0.6) is 0 Å². The number of hydrogen-bond acceptors (Lipinski definition) is 1. The minimum absolute atomic E-state index is 0.0863. The molecule has 18 heavy (non-hydrogen) atoms. The van der Waals surface area contributed by atoms with Gasteiger partial charge in [0.15, 0.2) is 0 Å². The average Bonchev–Trinajstić information content (AvgIpc) is 2.19. The Bertz CT molecular complexity index is 465. The summed E-state index contributed by atoms with van der Waals surface area (Å²) in [5, 5.41) is 8.94. The number of aliphatic carboxylic acids is 1. The number of halogens is 2. The second kappa shape index (κ2) is 4.67. The van der Waals surface area contributed by atoms with Crippen LogP contribution in [-0.4, -0.2) is 11.1 Å². The van der Waals surface area contributed by atoms with E-state index in [0.717, 1.165) is 5.56 Å². The van der Waals surface area contributed by atoms with Crippen LogP contribution in [0.25, 0.3) is 0 Å². The van der Waals surface area contributed by atoms with Gasteiger partial charge in [-0.25, -0.2) is 8.78 Å². The maximum absolute atomic E-state index is 14.2. The van der Waals surface area contributed by atoms with Gasteiger partial charge in [0.1, 0.15) is 0 Å². The van der Waals surface area contributed by atoms with Crippen molar-refractivity contribution in [3.63, 3.8) is 0 Å². The molecule has 0 heterocycles. The molecule has 0 saturated carbocycles. The van der Waals surface area contributed by atoms with Crippen LogP contribution in [0.15, 0.2) is 18.2 Å². The van der Waals surface area contributed by atoms with Crippen molar-refractivity contribution in [1.82, 2.24) is 0 Å². The largest absolute Gasteiger partial charge is 0.481 e. The van der Waals surface area contributed by atoms with Crippen molar-refractivity contribution < 1.29 is 18.7 Å². The Morgan fingerprint density at radius 2 is 1.83 bits per heavy atom. The van der Waals surface area contributed by atoms with Crippen molar-refractivity contribution in [3.8, 4) is 0 Å². The summed E-state index contributed by atoms with van der Waals surface area (Å²) in [6.07, 6.45) is -0.709. The van der Waals surface area contributed by atoms with Gasteiger partial charge < -0.3 is 5.11 Å². The number of aryl methyl sites for hydroxylation is 2. The van der Waals surface area contributed by atoms with Gasteiger partial charge in [-0.1, -0.05) is 17.7 Å². The number of hydrogen-bond donors (Lipinski definition) is 1. The van der Waals surface area contributed by atoms with Crippen LogP contribution in [0.2, 0.25) is 0 Å². The van der Waals surface area contributed by atoms with E-state index in [9.17, 15) is 13.6 Å². The zero-order chi connectivity index (χ0) is 14.1. The number of alkyl halides is 2. The number of benzene rings is 1. The molecule has 2 nitrogen and oxygen atoms in total. The molecule has 1 aromatic carbocycles. The minimum Gasteiger partial charge on any atom is -0.481 e. The van der Waals surface area contributed by atoms with Crippen LogP contribution < -0.4 is 0 Å². The lowest BCUT2D eigenvalue weighted by molar-refractivity contribution is -0.153. The molecule has 0 spiro atoms. The molecule has 0 bridgehead atoms. The number of carboxylic acid groups (broad SMARTS) is 1. The lowest BCUT2D eigenvalue weighted by Gasteiger charge is -2.27. The van der Waals surface area contributed by atoms with Gasteiger partial charge >= 0.3 is 5.97 Å². The molecule has 1 N–H and O–H groups in total. The number of carboxylic acids is 1. The zero-order valence-electron chi connectivity index (χ0n) is 11.1. The molecule has 0 aliphatic carbocycles. The van der Waals surface area contributed by atoms with Gasteiger partial charge in [0.2, 0.25) is 0 Å². The van der Waals surface area contributed by atoms with Crippen LogP contribution >= 0.6 is 0 Å². The van der Waals surface area contributed by atoms with Gasteiger partial charge in [0.25, 0.3) is 5.92 Å². The van der Waals surface area contributed by atoms with E-state index in [1.807, 2.05) is 0 Å². The quantitative estimate of drug-likeness (QED) is 0.887. The fourth-order valence-electron chi connectivity index (χ4n) is 1.86. The fraction of sp³-hybridized carbons (Fsp3) is 0.500. The van der Waals surface area contributed by atoms with Crippen LogP contribution in [-0.2, 0) is 10.7 Å². The first-order valence-electron chi connectivity index (χ1n) is 5.75. The van der Waals surface area contributed by atoms with E-state index in [2.05, 4.69) is 0 Å². The maximum Gasteiger partial charge on any atom is 0.309 e. The third-order valence-electron chi connectivity index (χ3n) is 3.03. The van der Waals surface area contributed by atoms with E-state index >= 15 is 0 Å². The molecule has 0 aromatic heterocycles. The van der Waals surface area contributed by atoms with Gasteiger partial charge in [-0.2, -0.15) is 0 Å². The molecule has 0 fully saturated rings. The predicted molar refractivity (Wildman–Crippen MR) is 65.8 cm³/mol. The summed E-state index contributed by atoms with van der Waals surface area (Å²) in [4.78, 5) is 10.9. The molecule has 0 aliphatic rings. The summed E-state index contributed by atoms with van der Waals surface area (Å²) in [6.45, 7) is 5.97. The highest BCUT2D eigenvalue weighted by Crippen LogP contribution is 2.41. The third kappa shape index (κ3) is 3.06. The first kappa shape index (κ1) is 14.6. The molecule has 0 unspecified atom stereocenters. The molecule has 1 rings (SSSR count). The van der Waals surface area contributed by atoms with Crippen molar-refractivity contribution in [2.24, 2.45) is 5.41 Å². The van der Waals surface area contributed by atoms with E-state index < -0.39 is 23.7 Å². The molecular formula is C14H18F2O2. The lowest BCUT2D eigenvalue weighted by Crippen LogP contribution is -2.31. The molecule has 0 atom stereocenters. The SMILES string of the molecule is Cc1ccc(C)c(C(F)(F)CC(C)(C)C(=O)O)c1. The summed E-state index contributed by atoms with van der Waals surface area (Å²) in [5.74, 6) is -4.36. The van der Waals surface area contributed by atoms with Crippen LogP contribution in [0.3, 0.4) is 0 Å². The fourth-order valence-corrected chi connectivity index (χ4v) is 1.86. The lowest BCUT2D eigenvalue weighted by atomic mass is 9.83. The molecule has 0 radical (unpaired) electrons. The Morgan fingerprint density at radius 3 is 2.33 bits per heavy atom. The van der Waals surface area contributed by atoms with Crippen molar-refractivity contribution in [3.05, 3.63) is 34.9 Å². The number of carbonyl (C=O) groups is 1. The minimum atomic E-state index is -3.14. The molecule has 1 aromatic rings. The van der Waals surface area contributed by atoms with E-state index in [1.54, 1.807) is 26.0 Å². The average molecular weight is 256 g/mol. The van der Waals surface area contributed by atoms with E-state index in [-0.39, 0.29) is 5.56 Å². The Kier molecular flexibility index (Phi) is 3.79. The standard InChI is InChI=1S/C14H18F2O2/c1-9-5-6-10(2)11(7-9)14(15,16)8-13(3,4)12(17)18/h5-7H,8H2,1-4H3,(H,17,18). The molecule has 100 valence electrons. The Morgan fingerprint density at radius 1 is 1.28 bits per heavy atom. The van der Waals surface area contributed by atoms with Crippen molar-refractivity contribution in [2.75, 3.05) is 0 Å².